The summed E-state index contributed by atoms with van der Waals surface area (Å²) in [6, 6.07) is 0. The van der Waals surface area contributed by atoms with E-state index in [2.05, 4.69) is 180 Å². The van der Waals surface area contributed by atoms with Gasteiger partial charge in [-0.15, -0.1) is 0 Å². The lowest BCUT2D eigenvalue weighted by Crippen LogP contribution is -2.30. The molecule has 5 atom stereocenters. The molecule has 3 N–H and O–H groups in total. The Morgan fingerprint density at radius 3 is 0.880 bits per heavy atom. The molecule has 5 unspecified atom stereocenters. The first-order chi connectivity index (χ1) is 52.7. The van der Waals surface area contributed by atoms with E-state index in [1.165, 1.54) is 64.2 Å². The number of hydrogen-bond acceptors (Lipinski definition) is 15. The number of ether oxygens (including phenoxy) is 4. The summed E-state index contributed by atoms with van der Waals surface area (Å²) in [4.78, 5) is 73.0. The third-order valence-corrected chi connectivity index (χ3v) is 18.0. The molecule has 0 aliphatic heterocycles. The van der Waals surface area contributed by atoms with Crippen molar-refractivity contribution in [3.8, 4) is 0 Å². The quantitative estimate of drug-likeness (QED) is 0.0169. The first-order valence-corrected chi connectivity index (χ1v) is 43.7. The maximum atomic E-state index is 13.1. The number of phosphoric acid groups is 2. The van der Waals surface area contributed by atoms with Crippen LogP contribution in [0.15, 0.2) is 194 Å². The second kappa shape index (κ2) is 79.0. The van der Waals surface area contributed by atoms with Crippen LogP contribution in [0.5, 0.6) is 0 Å². The van der Waals surface area contributed by atoms with Crippen LogP contribution >= 0.6 is 15.6 Å². The van der Waals surface area contributed by atoms with Gasteiger partial charge in [0.05, 0.1) is 32.8 Å². The molecule has 19 heteroatoms. The molecule has 0 bridgehead atoms. The highest BCUT2D eigenvalue weighted by atomic mass is 31.2. The van der Waals surface area contributed by atoms with E-state index in [-0.39, 0.29) is 25.7 Å². The number of aliphatic hydroxyl groups is 1. The van der Waals surface area contributed by atoms with Crippen LogP contribution in [0.25, 0.3) is 0 Å². The molecule has 0 aliphatic carbocycles. The first-order valence-electron chi connectivity index (χ1n) is 40.7. The van der Waals surface area contributed by atoms with Gasteiger partial charge in [-0.25, -0.2) is 9.13 Å². The van der Waals surface area contributed by atoms with Crippen molar-refractivity contribution >= 4 is 39.5 Å². The predicted octanol–water partition coefficient (Wildman–Crippen LogP) is 24.1. The molecule has 0 rings (SSSR count). The minimum Gasteiger partial charge on any atom is -0.462 e. The van der Waals surface area contributed by atoms with E-state index in [1.54, 1.807) is 12.2 Å². The number of aliphatic hydroxyl groups excluding tert-OH is 1. The molecule has 610 valence electrons. The summed E-state index contributed by atoms with van der Waals surface area (Å²) in [5.41, 5.74) is 0. The van der Waals surface area contributed by atoms with Crippen LogP contribution < -0.4 is 0 Å². The zero-order valence-corrected chi connectivity index (χ0v) is 68.5. The predicted molar refractivity (Wildman–Crippen MR) is 445 cm³/mol. The van der Waals surface area contributed by atoms with Crippen molar-refractivity contribution < 1.29 is 80.2 Å². The highest BCUT2D eigenvalue weighted by Gasteiger charge is 2.30. The molecule has 0 aromatic heterocycles. The van der Waals surface area contributed by atoms with Gasteiger partial charge in [0.2, 0.25) is 0 Å². The number of carbonyl (C=O) groups excluding carboxylic acids is 4. The van der Waals surface area contributed by atoms with Gasteiger partial charge >= 0.3 is 39.5 Å². The van der Waals surface area contributed by atoms with Crippen LogP contribution in [0.3, 0.4) is 0 Å². The summed E-state index contributed by atoms with van der Waals surface area (Å²) >= 11 is 0. The lowest BCUT2D eigenvalue weighted by molar-refractivity contribution is -0.161. The Balaban J connectivity index is 5.53. The van der Waals surface area contributed by atoms with Crippen LogP contribution in [0.4, 0.5) is 0 Å². The monoisotopic (exact) mass is 1540 g/mol. The van der Waals surface area contributed by atoms with Crippen molar-refractivity contribution in [3.63, 3.8) is 0 Å². The Kier molecular flexibility index (Phi) is 74.5. The Bertz CT molecular complexity index is 2810. The summed E-state index contributed by atoms with van der Waals surface area (Å²) in [5, 5.41) is 10.6. The maximum absolute atomic E-state index is 13.1. The molecular weight excluding hydrogens is 1400 g/mol. The second-order valence-electron chi connectivity index (χ2n) is 26.2. The number of phosphoric ester groups is 2. The van der Waals surface area contributed by atoms with E-state index in [1.807, 2.05) is 30.4 Å². The smallest absolute Gasteiger partial charge is 0.462 e. The lowest BCUT2D eigenvalue weighted by Gasteiger charge is -2.21. The number of esters is 4. The lowest BCUT2D eigenvalue weighted by atomic mass is 10.0. The fourth-order valence-electron chi connectivity index (χ4n) is 10.1. The summed E-state index contributed by atoms with van der Waals surface area (Å²) < 4.78 is 68.4. The zero-order valence-electron chi connectivity index (χ0n) is 66.7. The minimum atomic E-state index is -5.03. The number of allylic oxidation sites excluding steroid dienone is 31. The third kappa shape index (κ3) is 78.0. The number of rotatable bonds is 74. The van der Waals surface area contributed by atoms with E-state index in [0.29, 0.717) is 32.1 Å². The first kappa shape index (κ1) is 102. The molecule has 0 amide bonds. The largest absolute Gasteiger partial charge is 0.472 e. The average molecular weight is 1550 g/mol. The van der Waals surface area contributed by atoms with Crippen molar-refractivity contribution in [1.29, 1.82) is 0 Å². The van der Waals surface area contributed by atoms with E-state index < -0.39 is 97.5 Å². The van der Waals surface area contributed by atoms with Crippen molar-refractivity contribution in [2.24, 2.45) is 0 Å². The third-order valence-electron chi connectivity index (χ3n) is 16.1. The molecule has 0 aromatic rings. The summed E-state index contributed by atoms with van der Waals surface area (Å²) in [7, 11) is -10.0. The normalized spacial score (nSPS) is 14.8. The summed E-state index contributed by atoms with van der Waals surface area (Å²) in [6.45, 7) is 4.28. The van der Waals surface area contributed by atoms with E-state index >= 15 is 0 Å². The van der Waals surface area contributed by atoms with E-state index in [4.69, 9.17) is 37.0 Å². The molecule has 0 spiro atoms. The van der Waals surface area contributed by atoms with Crippen LogP contribution in [0, 0.1) is 0 Å². The Labute approximate surface area is 653 Å². The van der Waals surface area contributed by atoms with Gasteiger partial charge in [-0.1, -0.05) is 318 Å². The van der Waals surface area contributed by atoms with Crippen LogP contribution in [0.1, 0.15) is 285 Å². The van der Waals surface area contributed by atoms with Gasteiger partial charge in [0, 0.05) is 19.3 Å². The number of carbonyl (C=O) groups is 4. The molecule has 17 nitrogen and oxygen atoms in total. The second-order valence-corrected chi connectivity index (χ2v) is 29.1. The van der Waals surface area contributed by atoms with Gasteiger partial charge in [-0.3, -0.25) is 37.3 Å². The van der Waals surface area contributed by atoms with Crippen molar-refractivity contribution in [2.45, 2.75) is 303 Å². The van der Waals surface area contributed by atoms with Crippen LogP contribution in [-0.4, -0.2) is 96.7 Å². The fraction of sp³-hybridized carbons (Fsp3) is 0.596. The van der Waals surface area contributed by atoms with Crippen molar-refractivity contribution in [3.05, 3.63) is 194 Å². The molecule has 108 heavy (non-hydrogen) atoms. The van der Waals surface area contributed by atoms with Gasteiger partial charge in [0.15, 0.2) is 12.2 Å². The maximum Gasteiger partial charge on any atom is 0.472 e. The highest BCUT2D eigenvalue weighted by Crippen LogP contribution is 2.45. The number of hydrogen-bond donors (Lipinski definition) is 3. The van der Waals surface area contributed by atoms with Gasteiger partial charge in [0.25, 0.3) is 0 Å². The average Bonchev–Trinajstić information content (AvgIpc) is 0.923. The molecule has 0 fully saturated rings. The summed E-state index contributed by atoms with van der Waals surface area (Å²) in [6.07, 6.45) is 97.4. The Morgan fingerprint density at radius 1 is 0.278 bits per heavy atom. The Morgan fingerprint density at radius 2 is 0.537 bits per heavy atom. The minimum absolute atomic E-state index is 0.0285. The van der Waals surface area contributed by atoms with Gasteiger partial charge in [0.1, 0.15) is 19.3 Å². The van der Waals surface area contributed by atoms with E-state index in [9.17, 15) is 43.2 Å². The molecule has 0 saturated heterocycles. The molecule has 0 radical (unpaired) electrons. The molecular formula is C89H142O17P2. The van der Waals surface area contributed by atoms with Crippen molar-refractivity contribution in [1.82, 2.24) is 0 Å². The van der Waals surface area contributed by atoms with Crippen LogP contribution in [0.2, 0.25) is 0 Å². The molecule has 0 aliphatic rings. The molecule has 0 heterocycles. The SMILES string of the molecule is CC/C=C\C/C=C\C/C=C\C/C=C\C/C=C\C/C=C\CCC(=O)OCC(COP(=O)(O)OCC(O)COP(=O)(O)OCC(COC(=O)CCCCC/C=C\C/C=C\C/C=C\C/C=C\C/C=C\CC)OC(=O)C/C=C\C/C=C\C/C=C\C/C=C\C/C=C\CC)OC(=O)CCCCCCCCCCCCCCCCC. The molecule has 0 saturated carbocycles. The summed E-state index contributed by atoms with van der Waals surface area (Å²) in [5.74, 6) is -2.47. The zero-order chi connectivity index (χ0) is 78.9. The number of unbranched alkanes of at least 4 members (excludes halogenated alkanes) is 17. The van der Waals surface area contributed by atoms with Gasteiger partial charge < -0.3 is 33.8 Å². The standard InChI is InChI=1S/C89H142O17P2/c1-5-9-13-17-21-25-29-33-37-39-41-43-47-49-53-57-61-65-69-73-86(91)99-79-84(105-88(93)75-71-67-63-59-55-51-45-35-31-27-23-19-15-11-7-3)81-103-107(95,96)101-77-83(90)78-102-108(97,98)104-82-85(106-89(94)76-72-68-64-60-56-52-46-36-32-28-24-20-16-12-8-4)80-100-87(92)74-70-66-62-58-54-50-48-44-42-40-38-34-30-26-22-18-14-10-6-2/h9-11,13-15,21-23,25-27,33-35,37-38,41-45,49-50,53-55,59,62,66-67,71,83-85,90H,5-8,12,16-20,24,28-32,36,39-40,46-48,51-52,56-58,60-61,63-65,68-70,72-82H2,1-4H3,(H,95,96)(H,97,98)/b13-9-,14-10-,15-11-,25-21-,26-22-,27-23-,37-33-,38-34-,43-41-,44-42-,45-35-,53-49-,54-50-,59-55-,66-62-,71-67-. The highest BCUT2D eigenvalue weighted by molar-refractivity contribution is 7.47. The Hall–Kier alpha value is -6.10. The van der Waals surface area contributed by atoms with Crippen molar-refractivity contribution in [2.75, 3.05) is 39.6 Å². The van der Waals surface area contributed by atoms with Gasteiger partial charge in [-0.05, 0) is 135 Å². The van der Waals surface area contributed by atoms with E-state index in [0.717, 1.165) is 135 Å². The fourth-order valence-corrected chi connectivity index (χ4v) is 11.6. The van der Waals surface area contributed by atoms with Gasteiger partial charge in [-0.2, -0.15) is 0 Å². The topological polar surface area (TPSA) is 237 Å². The molecule has 0 aromatic carbocycles. The van der Waals surface area contributed by atoms with Crippen LogP contribution in [-0.2, 0) is 65.4 Å².